The van der Waals surface area contributed by atoms with Crippen molar-refractivity contribution < 1.29 is 9.18 Å². The van der Waals surface area contributed by atoms with Crippen molar-refractivity contribution in [2.75, 3.05) is 39.3 Å². The van der Waals surface area contributed by atoms with E-state index in [0.717, 1.165) is 57.3 Å². The Labute approximate surface area is 307 Å². The molecule has 2 atom stereocenters. The molecule has 254 valence electrons. The van der Waals surface area contributed by atoms with E-state index in [4.69, 9.17) is 81.2 Å². The highest BCUT2D eigenvalue weighted by Crippen LogP contribution is 2.50. The lowest BCUT2D eigenvalue weighted by Crippen LogP contribution is -2.48. The normalized spacial score (nSPS) is 24.6. The summed E-state index contributed by atoms with van der Waals surface area (Å²) in [6, 6.07) is 10.1. The second-order valence-electron chi connectivity index (χ2n) is 13.1. The maximum atomic E-state index is 14.7. The van der Waals surface area contributed by atoms with Crippen LogP contribution in [0.3, 0.4) is 0 Å². The minimum absolute atomic E-state index is 0.102. The molecule has 3 aliphatic rings. The van der Waals surface area contributed by atoms with Crippen LogP contribution in [-0.2, 0) is 24.2 Å². The first-order valence-electron chi connectivity index (χ1n) is 16.2. The molecule has 3 fully saturated rings. The molecule has 0 aliphatic carbocycles. The second kappa shape index (κ2) is 15.9. The van der Waals surface area contributed by atoms with Crippen LogP contribution in [0, 0.1) is 5.82 Å². The fraction of sp³-hybridized carbons (Fsp3) is 0.618. The minimum Gasteiger partial charge on any atom is -0.307 e. The van der Waals surface area contributed by atoms with E-state index >= 15 is 0 Å². The zero-order chi connectivity index (χ0) is 33.1. The number of nitrogens with zero attached hydrogens (tertiary/aromatic N) is 2. The first-order chi connectivity index (χ1) is 21.8. The Morgan fingerprint density at radius 3 is 2.26 bits per heavy atom. The van der Waals surface area contributed by atoms with Gasteiger partial charge in [0.2, 0.25) is 7.59 Å². The summed E-state index contributed by atoms with van der Waals surface area (Å²) in [7, 11) is 0. The number of hydrogen-bond acceptors (Lipinski definition) is 4. The number of nitrogens with one attached hydrogen (secondary N) is 1. The Bertz CT molecular complexity index is 1330. The van der Waals surface area contributed by atoms with Crippen LogP contribution in [0.25, 0.3) is 0 Å². The summed E-state index contributed by atoms with van der Waals surface area (Å²) in [6.45, 7) is 6.01. The van der Waals surface area contributed by atoms with Gasteiger partial charge in [-0.15, -0.1) is 0 Å². The molecule has 0 radical (unpaired) electrons. The SMILES string of the molecule is O=C(Cc1c(F)cccc1Cl)C1CC(CCN2CCC(N3CCCCC3)CC2)(c2ccc(C(Cl)(Cl)Cl)c(C(Cl)(Cl)Cl)c2)CCCN1. The lowest BCUT2D eigenvalue weighted by atomic mass is 9.69. The topological polar surface area (TPSA) is 35.6 Å². The molecule has 4 nitrogen and oxygen atoms in total. The van der Waals surface area contributed by atoms with E-state index in [0.29, 0.717) is 30.1 Å². The van der Waals surface area contributed by atoms with E-state index in [1.807, 2.05) is 12.1 Å². The first kappa shape index (κ1) is 37.2. The van der Waals surface area contributed by atoms with Crippen LogP contribution in [0.1, 0.15) is 80.0 Å². The van der Waals surface area contributed by atoms with Crippen molar-refractivity contribution in [3.8, 4) is 0 Å². The Morgan fingerprint density at radius 2 is 1.61 bits per heavy atom. The summed E-state index contributed by atoms with van der Waals surface area (Å²) in [4.78, 5) is 19.1. The maximum absolute atomic E-state index is 14.7. The van der Waals surface area contributed by atoms with E-state index in [1.54, 1.807) is 18.2 Å². The number of ketones is 1. The third kappa shape index (κ3) is 9.19. The third-order valence-electron chi connectivity index (χ3n) is 10.2. The molecule has 3 heterocycles. The number of halogens is 8. The molecule has 1 N–H and O–H groups in total. The number of Topliss-reactive ketones (excluding diaryl/α,β-unsaturated/α-hetero) is 1. The smallest absolute Gasteiger partial charge is 0.216 e. The molecule has 12 heteroatoms. The molecule has 2 aromatic rings. The van der Waals surface area contributed by atoms with Crippen molar-refractivity contribution in [2.24, 2.45) is 0 Å². The van der Waals surface area contributed by atoms with Crippen molar-refractivity contribution in [1.82, 2.24) is 15.1 Å². The van der Waals surface area contributed by atoms with E-state index in [1.165, 1.54) is 38.4 Å². The number of hydrogen-bond donors (Lipinski definition) is 1. The van der Waals surface area contributed by atoms with Gasteiger partial charge >= 0.3 is 0 Å². The van der Waals surface area contributed by atoms with Gasteiger partial charge in [-0.3, -0.25) is 4.79 Å². The van der Waals surface area contributed by atoms with Crippen LogP contribution >= 0.6 is 81.2 Å². The van der Waals surface area contributed by atoms with Crippen LogP contribution in [0.2, 0.25) is 5.02 Å². The fourth-order valence-electron chi connectivity index (χ4n) is 7.65. The molecule has 3 saturated heterocycles. The quantitative estimate of drug-likeness (QED) is 0.271. The van der Waals surface area contributed by atoms with Gasteiger partial charge < -0.3 is 15.1 Å². The number of benzene rings is 2. The zero-order valence-corrected chi connectivity index (χ0v) is 31.1. The summed E-state index contributed by atoms with van der Waals surface area (Å²) in [5.41, 5.74) is 1.29. The van der Waals surface area contributed by atoms with Crippen molar-refractivity contribution >= 4 is 87.0 Å². The number of piperidine rings is 2. The minimum atomic E-state index is -1.84. The van der Waals surface area contributed by atoms with Gasteiger partial charge in [0, 0.05) is 34.2 Å². The molecule has 3 aliphatic heterocycles. The highest BCUT2D eigenvalue weighted by molar-refractivity contribution is 6.69. The van der Waals surface area contributed by atoms with Crippen LogP contribution in [0.15, 0.2) is 36.4 Å². The Kier molecular flexibility index (Phi) is 12.8. The highest BCUT2D eigenvalue weighted by Gasteiger charge is 2.42. The molecule has 5 rings (SSSR count). The highest BCUT2D eigenvalue weighted by atomic mass is 35.6. The summed E-state index contributed by atoms with van der Waals surface area (Å²) >= 11 is 44.6. The predicted molar refractivity (Wildman–Crippen MR) is 192 cm³/mol. The van der Waals surface area contributed by atoms with E-state index in [-0.39, 0.29) is 22.8 Å². The fourth-order valence-corrected chi connectivity index (χ4v) is 8.84. The van der Waals surface area contributed by atoms with Crippen molar-refractivity contribution in [2.45, 2.75) is 89.3 Å². The molecular weight excluding hydrogens is 734 g/mol. The lowest BCUT2D eigenvalue weighted by molar-refractivity contribution is -0.120. The number of rotatable bonds is 8. The summed E-state index contributed by atoms with van der Waals surface area (Å²) < 4.78 is 11.1. The molecule has 2 unspecified atom stereocenters. The Morgan fingerprint density at radius 1 is 0.913 bits per heavy atom. The summed E-state index contributed by atoms with van der Waals surface area (Å²) in [6.07, 6.45) is 9.08. The molecular formula is C34H41Cl7FN3O. The lowest BCUT2D eigenvalue weighted by Gasteiger charge is -2.42. The average Bonchev–Trinajstić information content (AvgIpc) is 3.25. The molecule has 2 aromatic carbocycles. The maximum Gasteiger partial charge on any atom is 0.216 e. The number of alkyl halides is 6. The third-order valence-corrected chi connectivity index (χ3v) is 11.8. The average molecular weight is 775 g/mol. The summed E-state index contributed by atoms with van der Waals surface area (Å²) in [5.74, 6) is -0.594. The summed E-state index contributed by atoms with van der Waals surface area (Å²) in [5, 5.41) is 3.70. The van der Waals surface area contributed by atoms with E-state index in [9.17, 15) is 9.18 Å². The largest absolute Gasteiger partial charge is 0.307 e. The standard InChI is InChI=1S/C34H41Cl7FN3O/c35-28-6-4-7-29(42)25(28)21-31(46)30-22-32(12-5-14-43-30,23-8-9-26(33(36,37)38)27(20-23)34(39,40)41)13-19-44-17-10-24(11-18-44)45-15-2-1-3-16-45/h4,6-9,20,24,30,43H,1-3,5,10-19,21-22H2. The van der Waals surface area contributed by atoms with Crippen LogP contribution in [0.4, 0.5) is 4.39 Å². The number of carbonyl (C=O) groups is 1. The molecule has 0 aromatic heterocycles. The molecule has 0 bridgehead atoms. The van der Waals surface area contributed by atoms with Gasteiger partial charge in [0.25, 0.3) is 0 Å². The zero-order valence-electron chi connectivity index (χ0n) is 25.8. The molecule has 0 saturated carbocycles. The van der Waals surface area contributed by atoms with Gasteiger partial charge in [0.15, 0.2) is 5.78 Å². The van der Waals surface area contributed by atoms with Gasteiger partial charge in [-0.05, 0) is 114 Å². The second-order valence-corrected chi connectivity index (χ2v) is 18.1. The van der Waals surface area contributed by atoms with Crippen molar-refractivity contribution in [3.63, 3.8) is 0 Å². The monoisotopic (exact) mass is 771 g/mol. The molecule has 0 amide bonds. The van der Waals surface area contributed by atoms with Crippen LogP contribution in [0.5, 0.6) is 0 Å². The van der Waals surface area contributed by atoms with Gasteiger partial charge in [-0.25, -0.2) is 4.39 Å². The first-order valence-corrected chi connectivity index (χ1v) is 18.9. The number of carbonyl (C=O) groups excluding carboxylic acids is 1. The Balaban J connectivity index is 1.43. The van der Waals surface area contributed by atoms with Gasteiger partial charge in [0.05, 0.1) is 6.04 Å². The Hall–Kier alpha value is -0.0500. The van der Waals surface area contributed by atoms with E-state index < -0.39 is 24.9 Å². The molecule has 46 heavy (non-hydrogen) atoms. The van der Waals surface area contributed by atoms with Gasteiger partial charge in [-0.1, -0.05) is 112 Å². The number of likely N-dealkylation sites (tertiary alicyclic amines) is 2. The van der Waals surface area contributed by atoms with Gasteiger partial charge in [0.1, 0.15) is 5.82 Å². The predicted octanol–water partition coefficient (Wildman–Crippen LogP) is 9.66. The van der Waals surface area contributed by atoms with Gasteiger partial charge in [-0.2, -0.15) is 0 Å². The van der Waals surface area contributed by atoms with Crippen molar-refractivity contribution in [1.29, 1.82) is 0 Å². The van der Waals surface area contributed by atoms with Crippen LogP contribution < -0.4 is 5.32 Å². The molecule has 0 spiro atoms. The van der Waals surface area contributed by atoms with Crippen LogP contribution in [-0.4, -0.2) is 66.9 Å². The van der Waals surface area contributed by atoms with E-state index in [2.05, 4.69) is 15.1 Å². The van der Waals surface area contributed by atoms with Crippen molar-refractivity contribution in [3.05, 3.63) is 69.5 Å².